The van der Waals surface area contributed by atoms with Crippen molar-refractivity contribution in [2.45, 2.75) is 18.5 Å². The third-order valence-electron chi connectivity index (χ3n) is 4.18. The standard InChI is InChI=1S/C18H21N3O3S/c22-17(21-15-9-11-25(23,24)13-15)12-20-18(14-6-2-1-3-7-14)16-8-4-5-10-19-16/h1-8,10,15,18,20H,9,11-13H2,(H,21,22)/t15-,18+/m0/s1. The predicted octanol–water partition coefficient (Wildman–Crippen LogP) is 1.06. The molecular weight excluding hydrogens is 338 g/mol. The average molecular weight is 359 g/mol. The molecule has 1 fully saturated rings. The molecule has 0 radical (unpaired) electrons. The minimum Gasteiger partial charge on any atom is -0.351 e. The van der Waals surface area contributed by atoms with E-state index in [9.17, 15) is 13.2 Å². The van der Waals surface area contributed by atoms with Crippen LogP contribution in [0.1, 0.15) is 23.7 Å². The number of carbonyl (C=O) groups excluding carboxylic acids is 1. The van der Waals surface area contributed by atoms with Gasteiger partial charge in [0.05, 0.1) is 29.8 Å². The number of nitrogens with zero attached hydrogens (tertiary/aromatic N) is 1. The molecule has 132 valence electrons. The van der Waals surface area contributed by atoms with Gasteiger partial charge < -0.3 is 5.32 Å². The predicted molar refractivity (Wildman–Crippen MR) is 95.7 cm³/mol. The quantitative estimate of drug-likeness (QED) is 0.805. The molecule has 0 bridgehead atoms. The van der Waals surface area contributed by atoms with Gasteiger partial charge in [0, 0.05) is 12.2 Å². The molecule has 1 aromatic carbocycles. The van der Waals surface area contributed by atoms with Crippen LogP contribution in [0.25, 0.3) is 0 Å². The second-order valence-electron chi connectivity index (χ2n) is 6.15. The lowest BCUT2D eigenvalue weighted by Gasteiger charge is -2.19. The van der Waals surface area contributed by atoms with Crippen molar-refractivity contribution in [2.75, 3.05) is 18.1 Å². The summed E-state index contributed by atoms with van der Waals surface area (Å²) in [6.07, 6.45) is 2.20. The van der Waals surface area contributed by atoms with Crippen LogP contribution in [-0.4, -0.2) is 43.4 Å². The van der Waals surface area contributed by atoms with E-state index in [1.54, 1.807) is 6.20 Å². The van der Waals surface area contributed by atoms with Crippen molar-refractivity contribution in [1.29, 1.82) is 0 Å². The van der Waals surface area contributed by atoms with E-state index in [1.807, 2.05) is 48.5 Å². The minimum atomic E-state index is -3.00. The fraction of sp³-hybridized carbons (Fsp3) is 0.333. The maximum atomic E-state index is 12.2. The summed E-state index contributed by atoms with van der Waals surface area (Å²) in [5.74, 6) is -0.0356. The van der Waals surface area contributed by atoms with Gasteiger partial charge in [0.1, 0.15) is 0 Å². The van der Waals surface area contributed by atoms with Crippen molar-refractivity contribution in [3.05, 3.63) is 66.0 Å². The van der Waals surface area contributed by atoms with Crippen molar-refractivity contribution in [2.24, 2.45) is 0 Å². The van der Waals surface area contributed by atoms with E-state index in [0.717, 1.165) is 11.3 Å². The number of aromatic nitrogens is 1. The summed E-state index contributed by atoms with van der Waals surface area (Å²) in [4.78, 5) is 16.6. The van der Waals surface area contributed by atoms with Crippen LogP contribution in [0.3, 0.4) is 0 Å². The zero-order valence-corrected chi connectivity index (χ0v) is 14.6. The van der Waals surface area contributed by atoms with Crippen LogP contribution >= 0.6 is 0 Å². The van der Waals surface area contributed by atoms with Gasteiger partial charge in [-0.2, -0.15) is 0 Å². The molecule has 2 N–H and O–H groups in total. The van der Waals surface area contributed by atoms with Crippen molar-refractivity contribution in [3.8, 4) is 0 Å². The zero-order chi connectivity index (χ0) is 17.7. The van der Waals surface area contributed by atoms with E-state index in [4.69, 9.17) is 0 Å². The normalized spacial score (nSPS) is 20.1. The molecule has 1 aromatic heterocycles. The number of hydrogen-bond donors (Lipinski definition) is 2. The van der Waals surface area contributed by atoms with Gasteiger partial charge >= 0.3 is 0 Å². The number of hydrogen-bond acceptors (Lipinski definition) is 5. The lowest BCUT2D eigenvalue weighted by Crippen LogP contribution is -2.42. The van der Waals surface area contributed by atoms with Crippen LogP contribution in [0.4, 0.5) is 0 Å². The Labute approximate surface area is 147 Å². The van der Waals surface area contributed by atoms with Gasteiger partial charge in [-0.1, -0.05) is 36.4 Å². The van der Waals surface area contributed by atoms with Gasteiger partial charge in [-0.15, -0.1) is 0 Å². The van der Waals surface area contributed by atoms with E-state index < -0.39 is 9.84 Å². The Morgan fingerprint density at radius 1 is 1.16 bits per heavy atom. The Kier molecular flexibility index (Phi) is 5.45. The summed E-state index contributed by atoms with van der Waals surface area (Å²) in [5, 5.41) is 6.01. The van der Waals surface area contributed by atoms with Gasteiger partial charge in [-0.05, 0) is 24.1 Å². The van der Waals surface area contributed by atoms with Gasteiger partial charge in [0.15, 0.2) is 9.84 Å². The number of rotatable bonds is 6. The van der Waals surface area contributed by atoms with Crippen molar-refractivity contribution < 1.29 is 13.2 Å². The molecule has 2 atom stereocenters. The summed E-state index contributed by atoms with van der Waals surface area (Å²) < 4.78 is 23.0. The fourth-order valence-electron chi connectivity index (χ4n) is 2.97. The lowest BCUT2D eigenvalue weighted by atomic mass is 10.0. The van der Waals surface area contributed by atoms with Gasteiger partial charge in [0.2, 0.25) is 5.91 Å². The molecule has 0 saturated carbocycles. The monoisotopic (exact) mass is 359 g/mol. The number of sulfone groups is 1. The van der Waals surface area contributed by atoms with Gasteiger partial charge in [-0.3, -0.25) is 15.1 Å². The Bertz CT molecular complexity index is 770. The molecule has 2 aromatic rings. The molecule has 6 nitrogen and oxygen atoms in total. The molecule has 7 heteroatoms. The Balaban J connectivity index is 1.64. The first-order chi connectivity index (χ1) is 12.0. The number of amides is 1. The molecule has 1 saturated heterocycles. The van der Waals surface area contributed by atoms with Crippen LogP contribution < -0.4 is 10.6 Å². The van der Waals surface area contributed by atoms with E-state index in [2.05, 4.69) is 15.6 Å². The lowest BCUT2D eigenvalue weighted by molar-refractivity contribution is -0.120. The van der Waals surface area contributed by atoms with Crippen molar-refractivity contribution >= 4 is 15.7 Å². The maximum absolute atomic E-state index is 12.2. The molecule has 1 amide bonds. The SMILES string of the molecule is O=C(CN[C@H](c1ccccc1)c1ccccn1)N[C@H]1CCS(=O)(=O)C1. The van der Waals surface area contributed by atoms with Crippen molar-refractivity contribution in [3.63, 3.8) is 0 Å². The Morgan fingerprint density at radius 2 is 1.92 bits per heavy atom. The molecule has 1 aliphatic heterocycles. The molecule has 0 unspecified atom stereocenters. The summed E-state index contributed by atoms with van der Waals surface area (Å²) in [6.45, 7) is 0.0900. The van der Waals surface area contributed by atoms with E-state index in [0.29, 0.717) is 6.42 Å². The smallest absolute Gasteiger partial charge is 0.234 e. The zero-order valence-electron chi connectivity index (χ0n) is 13.8. The molecular formula is C18H21N3O3S. The summed E-state index contributed by atoms with van der Waals surface area (Å²) >= 11 is 0. The third kappa shape index (κ3) is 4.87. The van der Waals surface area contributed by atoms with E-state index in [1.165, 1.54) is 0 Å². The maximum Gasteiger partial charge on any atom is 0.234 e. The summed E-state index contributed by atoms with van der Waals surface area (Å²) in [5.41, 5.74) is 1.84. The second-order valence-corrected chi connectivity index (χ2v) is 8.38. The number of carbonyl (C=O) groups is 1. The third-order valence-corrected chi connectivity index (χ3v) is 5.95. The highest BCUT2D eigenvalue weighted by molar-refractivity contribution is 7.91. The highest BCUT2D eigenvalue weighted by Gasteiger charge is 2.29. The molecule has 0 aliphatic carbocycles. The first-order valence-corrected chi connectivity index (χ1v) is 10.0. The molecule has 2 heterocycles. The second kappa shape index (κ2) is 7.76. The van der Waals surface area contributed by atoms with Crippen LogP contribution in [0, 0.1) is 0 Å². The van der Waals surface area contributed by atoms with E-state index >= 15 is 0 Å². The van der Waals surface area contributed by atoms with Crippen LogP contribution in [0.5, 0.6) is 0 Å². The molecule has 25 heavy (non-hydrogen) atoms. The largest absolute Gasteiger partial charge is 0.351 e. The molecule has 3 rings (SSSR count). The van der Waals surface area contributed by atoms with Gasteiger partial charge in [-0.25, -0.2) is 8.42 Å². The Morgan fingerprint density at radius 3 is 2.56 bits per heavy atom. The average Bonchev–Trinajstić information content (AvgIpc) is 2.95. The summed E-state index contributed by atoms with van der Waals surface area (Å²) in [6, 6.07) is 14.9. The van der Waals surface area contributed by atoms with Crippen LogP contribution in [0.2, 0.25) is 0 Å². The highest BCUT2D eigenvalue weighted by Crippen LogP contribution is 2.19. The van der Waals surface area contributed by atoms with Crippen LogP contribution in [0.15, 0.2) is 54.7 Å². The molecule has 1 aliphatic rings. The fourth-order valence-corrected chi connectivity index (χ4v) is 4.64. The van der Waals surface area contributed by atoms with Crippen molar-refractivity contribution in [1.82, 2.24) is 15.6 Å². The first kappa shape index (κ1) is 17.6. The Hall–Kier alpha value is -2.25. The first-order valence-electron chi connectivity index (χ1n) is 8.22. The van der Waals surface area contributed by atoms with Gasteiger partial charge in [0.25, 0.3) is 0 Å². The summed E-state index contributed by atoms with van der Waals surface area (Å²) in [7, 11) is -3.00. The number of benzene rings is 1. The minimum absolute atomic E-state index is 0.0289. The topological polar surface area (TPSA) is 88.2 Å². The van der Waals surface area contributed by atoms with E-state index in [-0.39, 0.29) is 36.0 Å². The van der Waals surface area contributed by atoms with Crippen LogP contribution in [-0.2, 0) is 14.6 Å². The number of nitrogens with one attached hydrogen (secondary N) is 2. The highest BCUT2D eigenvalue weighted by atomic mass is 32.2. The molecule has 0 spiro atoms. The number of pyridine rings is 1.